The third kappa shape index (κ3) is 4.67. The highest BCUT2D eigenvalue weighted by Gasteiger charge is 2.16. The third-order valence-electron chi connectivity index (χ3n) is 4.99. The van der Waals surface area contributed by atoms with Gasteiger partial charge in [0.15, 0.2) is 0 Å². The van der Waals surface area contributed by atoms with Crippen LogP contribution in [0.15, 0.2) is 54.6 Å². The summed E-state index contributed by atoms with van der Waals surface area (Å²) >= 11 is 0. The number of morpholine rings is 1. The van der Waals surface area contributed by atoms with Crippen LogP contribution in [0.3, 0.4) is 0 Å². The van der Waals surface area contributed by atoms with Crippen LogP contribution in [0.25, 0.3) is 11.0 Å². The molecule has 1 fully saturated rings. The average Bonchev–Trinajstić information content (AvgIpc) is 3.06. The molecule has 0 unspecified atom stereocenters. The standard InChI is InChI=1S/C22H27N3O2/c1-2-8-19(9-3-1)27-15-7-6-12-25-21-11-5-4-10-20(21)23-22(25)18-24-13-16-26-17-14-24/h1-5,8-11H,6-7,12-18H2. The predicted octanol–water partition coefficient (Wildman–Crippen LogP) is 3.73. The van der Waals surface area contributed by atoms with Gasteiger partial charge < -0.3 is 14.0 Å². The van der Waals surface area contributed by atoms with E-state index in [1.807, 2.05) is 30.3 Å². The van der Waals surface area contributed by atoms with Crippen LogP contribution in [0.1, 0.15) is 18.7 Å². The molecular formula is C22H27N3O2. The maximum absolute atomic E-state index is 5.82. The number of aryl methyl sites for hydroxylation is 1. The highest BCUT2D eigenvalue weighted by atomic mass is 16.5. The van der Waals surface area contributed by atoms with Gasteiger partial charge in [-0.05, 0) is 37.1 Å². The molecule has 2 aromatic carbocycles. The number of unbranched alkanes of at least 4 members (excludes halogenated alkanes) is 1. The summed E-state index contributed by atoms with van der Waals surface area (Å²) < 4.78 is 13.7. The molecule has 5 heteroatoms. The van der Waals surface area contributed by atoms with E-state index in [9.17, 15) is 0 Å². The van der Waals surface area contributed by atoms with Crippen LogP contribution in [0.2, 0.25) is 0 Å². The zero-order chi connectivity index (χ0) is 18.3. The van der Waals surface area contributed by atoms with Crippen molar-refractivity contribution in [1.29, 1.82) is 0 Å². The van der Waals surface area contributed by atoms with Crippen molar-refractivity contribution in [3.63, 3.8) is 0 Å². The summed E-state index contributed by atoms with van der Waals surface area (Å²) in [5.74, 6) is 2.10. The third-order valence-corrected chi connectivity index (χ3v) is 4.99. The fourth-order valence-electron chi connectivity index (χ4n) is 3.53. The van der Waals surface area contributed by atoms with E-state index < -0.39 is 0 Å². The van der Waals surface area contributed by atoms with Gasteiger partial charge in [-0.3, -0.25) is 4.90 Å². The number of hydrogen-bond donors (Lipinski definition) is 0. The minimum absolute atomic E-state index is 0.745. The zero-order valence-corrected chi connectivity index (χ0v) is 15.7. The summed E-state index contributed by atoms with van der Waals surface area (Å²) in [6.07, 6.45) is 2.10. The fraction of sp³-hybridized carbons (Fsp3) is 0.409. The van der Waals surface area contributed by atoms with E-state index in [2.05, 4.69) is 33.7 Å². The molecule has 5 nitrogen and oxygen atoms in total. The minimum Gasteiger partial charge on any atom is -0.494 e. The van der Waals surface area contributed by atoms with Crippen LogP contribution in [0.5, 0.6) is 5.75 Å². The number of hydrogen-bond acceptors (Lipinski definition) is 4. The molecule has 1 aliphatic heterocycles. The monoisotopic (exact) mass is 365 g/mol. The molecule has 0 atom stereocenters. The van der Waals surface area contributed by atoms with Gasteiger partial charge in [0.05, 0.1) is 37.4 Å². The summed E-state index contributed by atoms with van der Waals surface area (Å²) in [6, 6.07) is 18.5. The first-order chi connectivity index (χ1) is 13.4. The molecule has 1 saturated heterocycles. The second kappa shape index (κ2) is 9.02. The van der Waals surface area contributed by atoms with E-state index in [0.29, 0.717) is 0 Å². The van der Waals surface area contributed by atoms with Crippen LogP contribution < -0.4 is 4.74 Å². The normalized spacial score (nSPS) is 15.3. The van der Waals surface area contributed by atoms with Gasteiger partial charge in [0.25, 0.3) is 0 Å². The topological polar surface area (TPSA) is 39.5 Å². The van der Waals surface area contributed by atoms with E-state index >= 15 is 0 Å². The van der Waals surface area contributed by atoms with E-state index in [1.165, 1.54) is 5.52 Å². The molecule has 3 aromatic rings. The second-order valence-electron chi connectivity index (χ2n) is 6.93. The van der Waals surface area contributed by atoms with Gasteiger partial charge in [-0.2, -0.15) is 0 Å². The van der Waals surface area contributed by atoms with Crippen molar-refractivity contribution >= 4 is 11.0 Å². The number of rotatable bonds is 8. The van der Waals surface area contributed by atoms with Crippen molar-refractivity contribution in [3.05, 3.63) is 60.4 Å². The Morgan fingerprint density at radius 3 is 2.56 bits per heavy atom. The highest BCUT2D eigenvalue weighted by Crippen LogP contribution is 2.19. The Hall–Kier alpha value is -2.37. The molecule has 0 spiro atoms. The molecule has 0 N–H and O–H groups in total. The highest BCUT2D eigenvalue weighted by molar-refractivity contribution is 5.75. The van der Waals surface area contributed by atoms with Crippen molar-refractivity contribution in [2.24, 2.45) is 0 Å². The number of aromatic nitrogens is 2. The molecular weight excluding hydrogens is 338 g/mol. The molecule has 0 aliphatic carbocycles. The summed E-state index contributed by atoms with van der Waals surface area (Å²) in [4.78, 5) is 7.33. The maximum Gasteiger partial charge on any atom is 0.124 e. The molecule has 0 saturated carbocycles. The van der Waals surface area contributed by atoms with Crippen molar-refractivity contribution < 1.29 is 9.47 Å². The van der Waals surface area contributed by atoms with Crippen molar-refractivity contribution in [2.75, 3.05) is 32.9 Å². The summed E-state index contributed by atoms with van der Waals surface area (Å²) in [5.41, 5.74) is 2.31. The summed E-state index contributed by atoms with van der Waals surface area (Å²) in [7, 11) is 0. The number of nitrogens with zero attached hydrogens (tertiary/aromatic N) is 3. The first kappa shape index (κ1) is 18.0. The Labute approximate surface area is 160 Å². The lowest BCUT2D eigenvalue weighted by molar-refractivity contribution is 0.0326. The number of para-hydroxylation sites is 3. The van der Waals surface area contributed by atoms with Crippen molar-refractivity contribution in [1.82, 2.24) is 14.5 Å². The molecule has 2 heterocycles. The molecule has 142 valence electrons. The van der Waals surface area contributed by atoms with Gasteiger partial charge in [-0.1, -0.05) is 30.3 Å². The van der Waals surface area contributed by atoms with Crippen LogP contribution in [-0.2, 0) is 17.8 Å². The lowest BCUT2D eigenvalue weighted by atomic mass is 10.3. The van der Waals surface area contributed by atoms with Crippen molar-refractivity contribution in [3.8, 4) is 5.75 Å². The van der Waals surface area contributed by atoms with Crippen molar-refractivity contribution in [2.45, 2.75) is 25.9 Å². The largest absolute Gasteiger partial charge is 0.494 e. The van der Waals surface area contributed by atoms with Gasteiger partial charge in [0.1, 0.15) is 11.6 Å². The lowest BCUT2D eigenvalue weighted by Crippen LogP contribution is -2.36. The van der Waals surface area contributed by atoms with Gasteiger partial charge in [-0.15, -0.1) is 0 Å². The fourth-order valence-corrected chi connectivity index (χ4v) is 3.53. The van der Waals surface area contributed by atoms with Gasteiger partial charge in [-0.25, -0.2) is 4.98 Å². The number of ether oxygens (including phenoxy) is 2. The van der Waals surface area contributed by atoms with E-state index in [1.54, 1.807) is 0 Å². The average molecular weight is 365 g/mol. The van der Waals surface area contributed by atoms with Crippen LogP contribution in [-0.4, -0.2) is 47.4 Å². The first-order valence-corrected chi connectivity index (χ1v) is 9.82. The van der Waals surface area contributed by atoms with Gasteiger partial charge in [0.2, 0.25) is 0 Å². The molecule has 27 heavy (non-hydrogen) atoms. The number of imidazole rings is 1. The quantitative estimate of drug-likeness (QED) is 0.570. The molecule has 1 aliphatic rings. The summed E-state index contributed by atoms with van der Waals surface area (Å²) in [5, 5.41) is 0. The number of fused-ring (bicyclic) bond motifs is 1. The van der Waals surface area contributed by atoms with Crippen LogP contribution in [0, 0.1) is 0 Å². The minimum atomic E-state index is 0.745. The predicted molar refractivity (Wildman–Crippen MR) is 107 cm³/mol. The summed E-state index contributed by atoms with van der Waals surface area (Å²) in [6.45, 7) is 6.20. The maximum atomic E-state index is 5.82. The van der Waals surface area contributed by atoms with E-state index in [4.69, 9.17) is 14.5 Å². The molecule has 1 aromatic heterocycles. The Morgan fingerprint density at radius 1 is 0.926 bits per heavy atom. The SMILES string of the molecule is c1ccc(OCCCCn2c(CN3CCOCC3)nc3ccccc32)cc1. The smallest absolute Gasteiger partial charge is 0.124 e. The second-order valence-corrected chi connectivity index (χ2v) is 6.93. The molecule has 4 rings (SSSR count). The van der Waals surface area contributed by atoms with Crippen LogP contribution in [0.4, 0.5) is 0 Å². The Morgan fingerprint density at radius 2 is 1.70 bits per heavy atom. The Bertz CT molecular complexity index is 841. The van der Waals surface area contributed by atoms with E-state index in [0.717, 1.165) is 75.9 Å². The Balaban J connectivity index is 1.38. The number of benzene rings is 2. The first-order valence-electron chi connectivity index (χ1n) is 9.82. The zero-order valence-electron chi connectivity index (χ0n) is 15.7. The molecule has 0 radical (unpaired) electrons. The molecule has 0 amide bonds. The lowest BCUT2D eigenvalue weighted by Gasteiger charge is -2.26. The van der Waals surface area contributed by atoms with Gasteiger partial charge in [0, 0.05) is 19.6 Å². The Kier molecular flexibility index (Phi) is 6.02. The van der Waals surface area contributed by atoms with Crippen LogP contribution >= 0.6 is 0 Å². The van der Waals surface area contributed by atoms with Gasteiger partial charge >= 0.3 is 0 Å². The van der Waals surface area contributed by atoms with E-state index in [-0.39, 0.29) is 0 Å². The molecule has 0 bridgehead atoms.